The summed E-state index contributed by atoms with van der Waals surface area (Å²) in [5, 5.41) is 11.9. The van der Waals surface area contributed by atoms with Crippen LogP contribution in [-0.2, 0) is 16.4 Å². The van der Waals surface area contributed by atoms with Crippen molar-refractivity contribution in [2.45, 2.75) is 43.5 Å². The molecule has 1 heterocycles. The van der Waals surface area contributed by atoms with Crippen molar-refractivity contribution in [1.82, 2.24) is 14.9 Å². The third-order valence-corrected chi connectivity index (χ3v) is 5.87. The third-order valence-electron chi connectivity index (χ3n) is 3.46. The Bertz CT molecular complexity index is 844. The number of hydrogen-bond acceptors (Lipinski definition) is 6. The molecule has 1 aromatic carbocycles. The van der Waals surface area contributed by atoms with Crippen LogP contribution in [0.3, 0.4) is 0 Å². The molecule has 128 valence electrons. The van der Waals surface area contributed by atoms with Gasteiger partial charge < -0.3 is 0 Å². The number of aryl methyl sites for hydroxylation is 1. The number of nitrogens with one attached hydrogen (secondary N) is 2. The molecule has 0 bridgehead atoms. The molecule has 1 aliphatic rings. The van der Waals surface area contributed by atoms with E-state index in [-0.39, 0.29) is 16.5 Å². The number of carbonyl (C=O) groups is 1. The van der Waals surface area contributed by atoms with E-state index in [2.05, 4.69) is 20.2 Å². The summed E-state index contributed by atoms with van der Waals surface area (Å²) in [6.45, 7) is 2.04. The molecule has 0 aliphatic heterocycles. The molecular formula is C15H18N4O3S2. The fourth-order valence-electron chi connectivity index (χ4n) is 2.08. The summed E-state index contributed by atoms with van der Waals surface area (Å²) in [4.78, 5) is 12.4. The highest BCUT2D eigenvalue weighted by molar-refractivity contribution is 7.89. The number of anilines is 1. The van der Waals surface area contributed by atoms with Gasteiger partial charge in [0.05, 0.1) is 4.90 Å². The quantitative estimate of drug-likeness (QED) is 0.782. The van der Waals surface area contributed by atoms with E-state index >= 15 is 0 Å². The smallest absolute Gasteiger partial charge is 0.257 e. The standard InChI is InChI=1S/C15H18N4O3S2/c1-2-4-13-17-18-15(23-13)16-14(20)10-5-3-6-12(9-10)24(21,22)19-11-7-8-11/h3,5-6,9,11,19H,2,4,7-8H2,1H3,(H,16,18,20). The molecule has 1 aromatic heterocycles. The van der Waals surface area contributed by atoms with E-state index in [1.54, 1.807) is 12.1 Å². The lowest BCUT2D eigenvalue weighted by atomic mass is 10.2. The van der Waals surface area contributed by atoms with Gasteiger partial charge in [0.15, 0.2) is 0 Å². The predicted octanol–water partition coefficient (Wildman–Crippen LogP) is 2.18. The molecule has 1 aliphatic carbocycles. The lowest BCUT2D eigenvalue weighted by Gasteiger charge is -2.07. The summed E-state index contributed by atoms with van der Waals surface area (Å²) in [5.41, 5.74) is 0.265. The first-order chi connectivity index (χ1) is 11.5. The lowest BCUT2D eigenvalue weighted by Crippen LogP contribution is -2.26. The Kier molecular flexibility index (Phi) is 4.93. The number of nitrogens with zero attached hydrogens (tertiary/aromatic N) is 2. The van der Waals surface area contributed by atoms with Crippen LogP contribution in [0.5, 0.6) is 0 Å². The van der Waals surface area contributed by atoms with Crippen molar-refractivity contribution < 1.29 is 13.2 Å². The zero-order valence-corrected chi connectivity index (χ0v) is 14.8. The van der Waals surface area contributed by atoms with Crippen molar-refractivity contribution in [3.8, 4) is 0 Å². The fraction of sp³-hybridized carbons (Fsp3) is 0.400. The van der Waals surface area contributed by atoms with Crippen molar-refractivity contribution in [3.63, 3.8) is 0 Å². The number of hydrogen-bond donors (Lipinski definition) is 2. The lowest BCUT2D eigenvalue weighted by molar-refractivity contribution is 0.102. The van der Waals surface area contributed by atoms with Gasteiger partial charge >= 0.3 is 0 Å². The van der Waals surface area contributed by atoms with Crippen LogP contribution in [-0.4, -0.2) is 30.6 Å². The Morgan fingerprint density at radius 1 is 1.33 bits per heavy atom. The van der Waals surface area contributed by atoms with Crippen LogP contribution in [0.1, 0.15) is 41.6 Å². The number of amides is 1. The highest BCUT2D eigenvalue weighted by Gasteiger charge is 2.28. The van der Waals surface area contributed by atoms with Crippen LogP contribution >= 0.6 is 11.3 Å². The fourth-order valence-corrected chi connectivity index (χ4v) is 4.27. The SMILES string of the molecule is CCCc1nnc(NC(=O)c2cccc(S(=O)(=O)NC3CC3)c2)s1. The van der Waals surface area contributed by atoms with Crippen molar-refractivity contribution in [3.05, 3.63) is 34.8 Å². The molecule has 0 radical (unpaired) electrons. The average Bonchev–Trinajstić information content (AvgIpc) is 3.25. The van der Waals surface area contributed by atoms with Gasteiger partial charge in [0.2, 0.25) is 15.2 Å². The minimum atomic E-state index is -3.58. The molecule has 7 nitrogen and oxygen atoms in total. The average molecular weight is 366 g/mol. The van der Waals surface area contributed by atoms with Gasteiger partial charge in [0.1, 0.15) is 5.01 Å². The zero-order chi connectivity index (χ0) is 17.2. The highest BCUT2D eigenvalue weighted by Crippen LogP contribution is 2.23. The van der Waals surface area contributed by atoms with Crippen molar-refractivity contribution in [2.75, 3.05) is 5.32 Å². The van der Waals surface area contributed by atoms with Crippen molar-refractivity contribution in [1.29, 1.82) is 0 Å². The van der Waals surface area contributed by atoms with Crippen LogP contribution in [0.25, 0.3) is 0 Å². The molecule has 24 heavy (non-hydrogen) atoms. The molecule has 2 N–H and O–H groups in total. The van der Waals surface area contributed by atoms with Crippen LogP contribution in [0.4, 0.5) is 5.13 Å². The van der Waals surface area contributed by atoms with Crippen LogP contribution < -0.4 is 10.0 Å². The van der Waals surface area contributed by atoms with Gasteiger partial charge in [-0.3, -0.25) is 10.1 Å². The Morgan fingerprint density at radius 2 is 2.12 bits per heavy atom. The van der Waals surface area contributed by atoms with Crippen LogP contribution in [0, 0.1) is 0 Å². The normalized spacial score (nSPS) is 14.5. The van der Waals surface area contributed by atoms with Gasteiger partial charge in [-0.15, -0.1) is 10.2 Å². The molecule has 0 saturated heterocycles. The monoisotopic (exact) mass is 366 g/mol. The van der Waals surface area contributed by atoms with Crippen LogP contribution in [0.15, 0.2) is 29.2 Å². The minimum Gasteiger partial charge on any atom is -0.296 e. The van der Waals surface area contributed by atoms with Gasteiger partial charge in [0, 0.05) is 18.0 Å². The highest BCUT2D eigenvalue weighted by atomic mass is 32.2. The van der Waals surface area contributed by atoms with Gasteiger partial charge in [-0.1, -0.05) is 24.3 Å². The molecular weight excluding hydrogens is 348 g/mol. The predicted molar refractivity (Wildman–Crippen MR) is 91.6 cm³/mol. The Balaban J connectivity index is 1.73. The van der Waals surface area contributed by atoms with Gasteiger partial charge in [0.25, 0.3) is 5.91 Å². The molecule has 0 atom stereocenters. The van der Waals surface area contributed by atoms with Crippen molar-refractivity contribution >= 4 is 32.4 Å². The third kappa shape index (κ3) is 4.16. The molecule has 2 aromatic rings. The Labute approximate surface area is 144 Å². The molecule has 1 fully saturated rings. The number of sulfonamides is 1. The maximum atomic E-state index is 12.3. The van der Waals surface area contributed by atoms with E-state index < -0.39 is 15.9 Å². The van der Waals surface area contributed by atoms with Gasteiger partial charge in [-0.25, -0.2) is 13.1 Å². The zero-order valence-electron chi connectivity index (χ0n) is 13.2. The molecule has 1 saturated carbocycles. The molecule has 0 unspecified atom stereocenters. The molecule has 1 amide bonds. The van der Waals surface area contributed by atoms with E-state index in [0.29, 0.717) is 5.13 Å². The number of rotatable bonds is 7. The van der Waals surface area contributed by atoms with E-state index in [0.717, 1.165) is 30.7 Å². The van der Waals surface area contributed by atoms with Crippen LogP contribution in [0.2, 0.25) is 0 Å². The molecule has 3 rings (SSSR count). The minimum absolute atomic E-state index is 0.0193. The van der Waals surface area contributed by atoms with E-state index in [9.17, 15) is 13.2 Å². The van der Waals surface area contributed by atoms with E-state index in [1.165, 1.54) is 23.5 Å². The number of aromatic nitrogens is 2. The largest absolute Gasteiger partial charge is 0.296 e. The second kappa shape index (κ2) is 6.96. The number of carbonyl (C=O) groups excluding carboxylic acids is 1. The summed E-state index contributed by atoms with van der Waals surface area (Å²) in [5.74, 6) is -0.405. The number of benzene rings is 1. The molecule has 9 heteroatoms. The maximum Gasteiger partial charge on any atom is 0.257 e. The Hall–Kier alpha value is -1.84. The second-order valence-corrected chi connectivity index (χ2v) is 8.40. The summed E-state index contributed by atoms with van der Waals surface area (Å²) < 4.78 is 27.1. The summed E-state index contributed by atoms with van der Waals surface area (Å²) in [6, 6.07) is 5.99. The second-order valence-electron chi connectivity index (χ2n) is 5.63. The summed E-state index contributed by atoms with van der Waals surface area (Å²) >= 11 is 1.32. The van der Waals surface area contributed by atoms with E-state index in [4.69, 9.17) is 0 Å². The van der Waals surface area contributed by atoms with Gasteiger partial charge in [-0.2, -0.15) is 0 Å². The first-order valence-corrected chi connectivity index (χ1v) is 10.0. The maximum absolute atomic E-state index is 12.3. The first-order valence-electron chi connectivity index (χ1n) is 7.74. The van der Waals surface area contributed by atoms with Crippen molar-refractivity contribution in [2.24, 2.45) is 0 Å². The summed E-state index contributed by atoms with van der Waals surface area (Å²) in [7, 11) is -3.58. The Morgan fingerprint density at radius 3 is 2.83 bits per heavy atom. The molecule has 0 spiro atoms. The topological polar surface area (TPSA) is 101 Å². The van der Waals surface area contributed by atoms with Gasteiger partial charge in [-0.05, 0) is 37.5 Å². The summed E-state index contributed by atoms with van der Waals surface area (Å²) in [6.07, 6.45) is 3.48. The first kappa shape index (κ1) is 17.0. The van der Waals surface area contributed by atoms with E-state index in [1.807, 2.05) is 6.92 Å².